The highest BCUT2D eigenvalue weighted by atomic mass is 15.0. The van der Waals surface area contributed by atoms with Crippen LogP contribution < -0.4 is 5.32 Å². The van der Waals surface area contributed by atoms with Gasteiger partial charge in [-0.3, -0.25) is 4.99 Å². The minimum Gasteiger partial charge on any atom is -0.306 e. The highest BCUT2D eigenvalue weighted by Crippen LogP contribution is 2.18. The van der Waals surface area contributed by atoms with Gasteiger partial charge in [-0.1, -0.05) is 19.9 Å². The number of hydrogen-bond acceptors (Lipinski definition) is 2. The minimum atomic E-state index is 0.0159. The van der Waals surface area contributed by atoms with Crippen molar-refractivity contribution in [2.24, 2.45) is 10.4 Å². The number of nitrogens with zero attached hydrogens (tertiary/aromatic N) is 1. The zero-order chi connectivity index (χ0) is 9.24. The van der Waals surface area contributed by atoms with Crippen molar-refractivity contribution in [1.29, 1.82) is 0 Å². The zero-order valence-corrected chi connectivity index (χ0v) is 8.39. The lowest BCUT2D eigenvalue weighted by Gasteiger charge is -2.29. The summed E-state index contributed by atoms with van der Waals surface area (Å²) in [6, 6.07) is 0. The van der Waals surface area contributed by atoms with Crippen molar-refractivity contribution in [2.75, 3.05) is 6.54 Å². The minimum absolute atomic E-state index is 0.0159. The zero-order valence-electron chi connectivity index (χ0n) is 8.39. The van der Waals surface area contributed by atoms with Gasteiger partial charge in [0.05, 0.1) is 0 Å². The third kappa shape index (κ3) is 2.78. The van der Waals surface area contributed by atoms with Gasteiger partial charge in [0.1, 0.15) is 0 Å². The van der Waals surface area contributed by atoms with E-state index >= 15 is 0 Å². The first-order valence-corrected chi connectivity index (χ1v) is 4.38. The number of nitrogens with one attached hydrogen (secondary N) is 1. The molecule has 0 amide bonds. The molecule has 0 aromatic heterocycles. The molecule has 0 fully saturated rings. The SMILES string of the molecule is CC1(C)/C=C\N=CC(C)(C)NC1. The van der Waals surface area contributed by atoms with Gasteiger partial charge in [-0.25, -0.2) is 0 Å². The van der Waals surface area contributed by atoms with Gasteiger partial charge < -0.3 is 5.32 Å². The second kappa shape index (κ2) is 3.02. The average molecular weight is 166 g/mol. The Hall–Kier alpha value is -0.630. The predicted molar refractivity (Wildman–Crippen MR) is 53.5 cm³/mol. The molecule has 0 saturated heterocycles. The molecule has 0 atom stereocenters. The van der Waals surface area contributed by atoms with Crippen molar-refractivity contribution in [3.05, 3.63) is 12.3 Å². The summed E-state index contributed by atoms with van der Waals surface area (Å²) in [4.78, 5) is 4.21. The van der Waals surface area contributed by atoms with E-state index in [9.17, 15) is 0 Å². The molecule has 0 radical (unpaired) electrons. The lowest BCUT2D eigenvalue weighted by atomic mass is 9.91. The van der Waals surface area contributed by atoms with Crippen molar-refractivity contribution in [2.45, 2.75) is 33.2 Å². The molecule has 0 aliphatic carbocycles. The van der Waals surface area contributed by atoms with Gasteiger partial charge in [-0.15, -0.1) is 0 Å². The summed E-state index contributed by atoms with van der Waals surface area (Å²) in [5.41, 5.74) is 0.219. The highest BCUT2D eigenvalue weighted by molar-refractivity contribution is 5.69. The Bertz CT molecular complexity index is 188. The third-order valence-corrected chi connectivity index (χ3v) is 2.01. The molecule has 1 heterocycles. The highest BCUT2D eigenvalue weighted by Gasteiger charge is 2.21. The molecule has 1 rings (SSSR count). The van der Waals surface area contributed by atoms with E-state index in [4.69, 9.17) is 0 Å². The van der Waals surface area contributed by atoms with Crippen LogP contribution in [0.3, 0.4) is 0 Å². The van der Waals surface area contributed by atoms with E-state index in [1.54, 1.807) is 0 Å². The number of rotatable bonds is 0. The smallest absolute Gasteiger partial charge is 0.0481 e. The number of aliphatic imine (C=N–C) groups is 1. The van der Waals surface area contributed by atoms with Gasteiger partial charge in [-0.05, 0) is 19.3 Å². The second-order valence-electron chi connectivity index (χ2n) is 4.66. The molecule has 12 heavy (non-hydrogen) atoms. The molecular weight excluding hydrogens is 148 g/mol. The summed E-state index contributed by atoms with van der Waals surface area (Å²) in [5.74, 6) is 0. The molecule has 0 saturated carbocycles. The third-order valence-electron chi connectivity index (χ3n) is 2.01. The van der Waals surface area contributed by atoms with Gasteiger partial charge in [0.2, 0.25) is 0 Å². The fourth-order valence-electron chi connectivity index (χ4n) is 1.03. The Kier molecular flexibility index (Phi) is 2.38. The fourth-order valence-corrected chi connectivity index (χ4v) is 1.03. The van der Waals surface area contributed by atoms with Crippen LogP contribution in [0.2, 0.25) is 0 Å². The summed E-state index contributed by atoms with van der Waals surface area (Å²) in [6.07, 6.45) is 5.97. The predicted octanol–water partition coefficient (Wildman–Crippen LogP) is 1.98. The molecular formula is C10H18N2. The molecule has 2 heteroatoms. The van der Waals surface area contributed by atoms with Gasteiger partial charge >= 0.3 is 0 Å². The molecule has 0 spiro atoms. The Morgan fingerprint density at radius 2 is 1.92 bits per heavy atom. The monoisotopic (exact) mass is 166 g/mol. The fraction of sp³-hybridized carbons (Fsp3) is 0.700. The lowest BCUT2D eigenvalue weighted by molar-refractivity contribution is 0.381. The van der Waals surface area contributed by atoms with Crippen molar-refractivity contribution in [3.63, 3.8) is 0 Å². The van der Waals surface area contributed by atoms with E-state index in [2.05, 4.69) is 44.1 Å². The van der Waals surface area contributed by atoms with E-state index in [1.165, 1.54) is 0 Å². The first-order valence-electron chi connectivity index (χ1n) is 4.38. The Labute approximate surface area is 74.8 Å². The van der Waals surface area contributed by atoms with Crippen LogP contribution >= 0.6 is 0 Å². The molecule has 2 nitrogen and oxygen atoms in total. The van der Waals surface area contributed by atoms with Crippen molar-refractivity contribution < 1.29 is 0 Å². The van der Waals surface area contributed by atoms with Crippen LogP contribution in [0.5, 0.6) is 0 Å². The molecule has 1 aliphatic heterocycles. The van der Waals surface area contributed by atoms with E-state index < -0.39 is 0 Å². The van der Waals surface area contributed by atoms with Crippen LogP contribution in [0.4, 0.5) is 0 Å². The van der Waals surface area contributed by atoms with Crippen LogP contribution in [-0.4, -0.2) is 18.3 Å². The van der Waals surface area contributed by atoms with Gasteiger partial charge in [-0.2, -0.15) is 0 Å². The standard InChI is InChI=1S/C10H18N2/c1-9(2)5-6-11-8-10(3,4)12-7-9/h5-6,8,12H,7H2,1-4H3/b6-5-,11-8?. The van der Waals surface area contributed by atoms with Crippen molar-refractivity contribution in [1.82, 2.24) is 5.32 Å². The van der Waals surface area contributed by atoms with Crippen LogP contribution in [0.15, 0.2) is 17.3 Å². The van der Waals surface area contributed by atoms with Crippen molar-refractivity contribution >= 4 is 6.21 Å². The number of hydrogen-bond donors (Lipinski definition) is 1. The van der Waals surface area contributed by atoms with Crippen LogP contribution in [0.1, 0.15) is 27.7 Å². The maximum atomic E-state index is 4.21. The van der Waals surface area contributed by atoms with E-state index in [0.717, 1.165) is 6.54 Å². The van der Waals surface area contributed by atoms with Crippen LogP contribution in [0.25, 0.3) is 0 Å². The van der Waals surface area contributed by atoms with E-state index in [0.29, 0.717) is 0 Å². The molecule has 0 unspecified atom stereocenters. The maximum Gasteiger partial charge on any atom is 0.0481 e. The van der Waals surface area contributed by atoms with E-state index in [-0.39, 0.29) is 11.0 Å². The Balaban J connectivity index is 2.78. The van der Waals surface area contributed by atoms with Gasteiger partial charge in [0, 0.05) is 24.5 Å². The normalized spacial score (nSPS) is 29.0. The summed E-state index contributed by atoms with van der Waals surface area (Å²) >= 11 is 0. The van der Waals surface area contributed by atoms with Gasteiger partial charge in [0.15, 0.2) is 0 Å². The molecule has 0 aromatic carbocycles. The lowest BCUT2D eigenvalue weighted by Crippen LogP contribution is -2.45. The summed E-state index contributed by atoms with van der Waals surface area (Å²) in [5, 5.41) is 3.45. The Morgan fingerprint density at radius 3 is 2.58 bits per heavy atom. The molecule has 1 aliphatic rings. The topological polar surface area (TPSA) is 24.4 Å². The Morgan fingerprint density at radius 1 is 1.25 bits per heavy atom. The summed E-state index contributed by atoms with van der Waals surface area (Å²) < 4.78 is 0. The molecule has 68 valence electrons. The average Bonchev–Trinajstić information content (AvgIpc) is 1.94. The largest absolute Gasteiger partial charge is 0.306 e. The summed E-state index contributed by atoms with van der Waals surface area (Å²) in [7, 11) is 0. The maximum absolute atomic E-state index is 4.21. The quantitative estimate of drug-likeness (QED) is 0.584. The first kappa shape index (κ1) is 9.46. The molecule has 1 N–H and O–H groups in total. The van der Waals surface area contributed by atoms with Gasteiger partial charge in [0.25, 0.3) is 0 Å². The molecule has 0 aromatic rings. The molecule has 0 bridgehead atoms. The summed E-state index contributed by atoms with van der Waals surface area (Å²) in [6.45, 7) is 9.65. The first-order chi connectivity index (χ1) is 5.41. The van der Waals surface area contributed by atoms with Crippen molar-refractivity contribution in [3.8, 4) is 0 Å². The van der Waals surface area contributed by atoms with Crippen LogP contribution in [0, 0.1) is 5.41 Å². The van der Waals surface area contributed by atoms with E-state index in [1.807, 2.05) is 12.4 Å². The van der Waals surface area contributed by atoms with Crippen LogP contribution in [-0.2, 0) is 0 Å². The second-order valence-corrected chi connectivity index (χ2v) is 4.66.